The number of aryl methyl sites for hydroxylation is 1. The number of hydrogen-bond donors (Lipinski definition) is 0. The van der Waals surface area contributed by atoms with Crippen LogP contribution in [-0.4, -0.2) is 9.97 Å². The number of benzene rings is 4. The molecular formula is C38H30IrN2-2. The molecular weight excluding hydrogens is 677 g/mol. The maximum absolute atomic E-state index is 4.65. The number of nitrogens with zero attached hydrogens (tertiary/aromatic N) is 2. The molecule has 0 bridgehead atoms. The molecule has 1 aliphatic rings. The quantitative estimate of drug-likeness (QED) is 0.172. The Hall–Kier alpha value is -4.17. The van der Waals surface area contributed by atoms with Gasteiger partial charge in [-0.15, -0.1) is 71.3 Å². The van der Waals surface area contributed by atoms with Crippen molar-refractivity contribution in [1.82, 2.24) is 9.97 Å². The normalized spacial score (nSPS) is 12.3. The first kappa shape index (κ1) is 28.4. The Kier molecular flexibility index (Phi) is 8.40. The molecule has 6 aromatic rings. The van der Waals surface area contributed by atoms with Gasteiger partial charge in [-0.3, -0.25) is 0 Å². The zero-order valence-corrected chi connectivity index (χ0v) is 25.7. The molecule has 0 amide bonds. The fraction of sp³-hybridized carbons (Fsp3) is 0.105. The predicted molar refractivity (Wildman–Crippen MR) is 165 cm³/mol. The molecule has 0 atom stereocenters. The SMILES string of the molecule is Cc1cccc(-c2[c-]ccc(-c3ccc4c(c3)C(C)(C)c3ccccc3-4)c2)n1.[Ir].[c-]1ccccc1-c1ccccn1. The van der Waals surface area contributed by atoms with Gasteiger partial charge in [-0.05, 0) is 58.3 Å². The van der Waals surface area contributed by atoms with E-state index in [1.54, 1.807) is 6.20 Å². The van der Waals surface area contributed by atoms with Gasteiger partial charge in [0.1, 0.15) is 0 Å². The summed E-state index contributed by atoms with van der Waals surface area (Å²) in [6.07, 6.45) is 1.79. The summed E-state index contributed by atoms with van der Waals surface area (Å²) in [7, 11) is 0. The summed E-state index contributed by atoms with van der Waals surface area (Å²) in [6, 6.07) is 48.2. The molecule has 0 saturated carbocycles. The van der Waals surface area contributed by atoms with E-state index in [0.29, 0.717) is 0 Å². The van der Waals surface area contributed by atoms with Crippen molar-refractivity contribution in [3.63, 3.8) is 0 Å². The molecule has 41 heavy (non-hydrogen) atoms. The van der Waals surface area contributed by atoms with Gasteiger partial charge in [-0.1, -0.05) is 80.6 Å². The van der Waals surface area contributed by atoms with Crippen LogP contribution in [0.25, 0.3) is 44.8 Å². The summed E-state index contributed by atoms with van der Waals surface area (Å²) in [5.41, 5.74) is 13.0. The molecule has 0 unspecified atom stereocenters. The molecule has 0 saturated heterocycles. The van der Waals surface area contributed by atoms with Crippen LogP contribution in [0.2, 0.25) is 0 Å². The first-order valence-electron chi connectivity index (χ1n) is 13.6. The number of rotatable bonds is 3. The molecule has 2 nitrogen and oxygen atoms in total. The zero-order valence-electron chi connectivity index (χ0n) is 23.4. The summed E-state index contributed by atoms with van der Waals surface area (Å²) in [4.78, 5) is 8.87. The van der Waals surface area contributed by atoms with Gasteiger partial charge in [0.25, 0.3) is 0 Å². The average molecular weight is 707 g/mol. The van der Waals surface area contributed by atoms with Crippen molar-refractivity contribution >= 4 is 0 Å². The first-order chi connectivity index (χ1) is 19.5. The van der Waals surface area contributed by atoms with E-state index in [1.165, 1.54) is 33.4 Å². The van der Waals surface area contributed by atoms with Crippen molar-refractivity contribution in [2.24, 2.45) is 0 Å². The summed E-state index contributed by atoms with van der Waals surface area (Å²) in [5, 5.41) is 0. The van der Waals surface area contributed by atoms with E-state index in [1.807, 2.05) is 73.7 Å². The van der Waals surface area contributed by atoms with Crippen LogP contribution in [0.1, 0.15) is 30.7 Å². The van der Waals surface area contributed by atoms with E-state index in [-0.39, 0.29) is 25.5 Å². The molecule has 0 fully saturated rings. The van der Waals surface area contributed by atoms with E-state index < -0.39 is 0 Å². The zero-order chi connectivity index (χ0) is 27.5. The Morgan fingerprint density at radius 2 is 1.32 bits per heavy atom. The van der Waals surface area contributed by atoms with Crippen molar-refractivity contribution < 1.29 is 20.1 Å². The van der Waals surface area contributed by atoms with Gasteiger partial charge in [0.2, 0.25) is 0 Å². The molecule has 0 spiro atoms. The number of fused-ring (bicyclic) bond motifs is 3. The molecule has 0 aliphatic heterocycles. The molecule has 0 N–H and O–H groups in total. The van der Waals surface area contributed by atoms with Crippen LogP contribution < -0.4 is 0 Å². The minimum Gasteiger partial charge on any atom is -0.305 e. The van der Waals surface area contributed by atoms with Crippen LogP contribution in [0.15, 0.2) is 128 Å². The van der Waals surface area contributed by atoms with Crippen molar-refractivity contribution in [3.05, 3.63) is 156 Å². The van der Waals surface area contributed by atoms with Crippen molar-refractivity contribution in [2.45, 2.75) is 26.2 Å². The third-order valence-corrected chi connectivity index (χ3v) is 7.53. The molecule has 2 heterocycles. The van der Waals surface area contributed by atoms with E-state index >= 15 is 0 Å². The molecule has 203 valence electrons. The third kappa shape index (κ3) is 5.83. The Morgan fingerprint density at radius 1 is 0.585 bits per heavy atom. The largest absolute Gasteiger partial charge is 0.305 e. The third-order valence-electron chi connectivity index (χ3n) is 7.53. The van der Waals surface area contributed by atoms with Crippen LogP contribution >= 0.6 is 0 Å². The van der Waals surface area contributed by atoms with Crippen molar-refractivity contribution in [1.29, 1.82) is 0 Å². The Labute approximate surface area is 256 Å². The maximum Gasteiger partial charge on any atom is 0.0266 e. The van der Waals surface area contributed by atoms with Crippen LogP contribution in [-0.2, 0) is 25.5 Å². The van der Waals surface area contributed by atoms with Crippen molar-refractivity contribution in [3.8, 4) is 44.8 Å². The monoisotopic (exact) mass is 707 g/mol. The van der Waals surface area contributed by atoms with Crippen LogP contribution in [0.5, 0.6) is 0 Å². The Morgan fingerprint density at radius 3 is 2.10 bits per heavy atom. The van der Waals surface area contributed by atoms with Gasteiger partial charge < -0.3 is 9.97 Å². The summed E-state index contributed by atoms with van der Waals surface area (Å²) >= 11 is 0. The average Bonchev–Trinajstić information content (AvgIpc) is 3.24. The Bertz CT molecular complexity index is 1740. The Balaban J connectivity index is 0.000000218. The van der Waals surface area contributed by atoms with Gasteiger partial charge >= 0.3 is 0 Å². The van der Waals surface area contributed by atoms with Gasteiger partial charge in [0, 0.05) is 37.4 Å². The molecule has 2 aromatic heterocycles. The second-order valence-electron chi connectivity index (χ2n) is 10.6. The van der Waals surface area contributed by atoms with Gasteiger partial charge in [0.15, 0.2) is 0 Å². The van der Waals surface area contributed by atoms with Gasteiger partial charge in [-0.25, -0.2) is 0 Å². The fourth-order valence-electron chi connectivity index (χ4n) is 5.45. The maximum atomic E-state index is 4.65. The van der Waals surface area contributed by atoms with E-state index in [2.05, 4.69) is 90.5 Å². The fourth-order valence-corrected chi connectivity index (χ4v) is 5.45. The van der Waals surface area contributed by atoms with Gasteiger partial charge in [0.05, 0.1) is 0 Å². The number of pyridine rings is 2. The second-order valence-corrected chi connectivity index (χ2v) is 10.6. The minimum absolute atomic E-state index is 0. The summed E-state index contributed by atoms with van der Waals surface area (Å²) in [5.74, 6) is 0. The van der Waals surface area contributed by atoms with Crippen LogP contribution in [0, 0.1) is 19.1 Å². The molecule has 1 radical (unpaired) electrons. The van der Waals surface area contributed by atoms with Crippen LogP contribution in [0.4, 0.5) is 0 Å². The number of aromatic nitrogens is 2. The topological polar surface area (TPSA) is 25.8 Å². The van der Waals surface area contributed by atoms with E-state index in [0.717, 1.165) is 28.2 Å². The van der Waals surface area contributed by atoms with E-state index in [4.69, 9.17) is 0 Å². The summed E-state index contributed by atoms with van der Waals surface area (Å²) < 4.78 is 0. The number of hydrogen-bond acceptors (Lipinski definition) is 2. The predicted octanol–water partition coefficient (Wildman–Crippen LogP) is 9.38. The van der Waals surface area contributed by atoms with Gasteiger partial charge in [-0.2, -0.15) is 0 Å². The minimum atomic E-state index is 0. The smallest absolute Gasteiger partial charge is 0.0266 e. The molecule has 1 aliphatic carbocycles. The first-order valence-corrected chi connectivity index (χ1v) is 13.6. The molecule has 4 aromatic carbocycles. The van der Waals surface area contributed by atoms with Crippen LogP contribution in [0.3, 0.4) is 0 Å². The standard InChI is InChI=1S/C27H22N.C11H8N.Ir/c1-18-8-6-13-26(28-18)21-10-7-9-19(16-21)20-14-15-23-22-11-4-5-12-24(22)27(2,3)25(23)17-20;1-2-6-10(7-3-1)11-8-4-5-9-12-11;/h4-9,11-17H,1-3H3;1-6,8-9H;/q2*-1;. The van der Waals surface area contributed by atoms with E-state index in [9.17, 15) is 0 Å². The molecule has 7 rings (SSSR count). The molecule has 3 heteroatoms. The van der Waals surface area contributed by atoms with Crippen molar-refractivity contribution in [2.75, 3.05) is 0 Å². The second kappa shape index (κ2) is 12.1. The summed E-state index contributed by atoms with van der Waals surface area (Å²) in [6.45, 7) is 6.66.